The molecule has 32 heavy (non-hydrogen) atoms. The van der Waals surface area contributed by atoms with Crippen molar-refractivity contribution in [3.63, 3.8) is 0 Å². The van der Waals surface area contributed by atoms with Gasteiger partial charge in [-0.1, -0.05) is 42.5 Å². The minimum Gasteiger partial charge on any atom is -0.361 e. The largest absolute Gasteiger partial charge is 0.361 e. The molecule has 2 atom stereocenters. The molecule has 1 saturated heterocycles. The Morgan fingerprint density at radius 3 is 2.34 bits per heavy atom. The maximum atomic E-state index is 13.1. The SMILES string of the molecule is O=Cc1ccc(N2CCN([C@@H]3c4ccccc4C[C@@H]3NS(=O)(=O)c3ccccc3)CC2)s1. The van der Waals surface area contributed by atoms with Gasteiger partial charge in [0, 0.05) is 32.2 Å². The van der Waals surface area contributed by atoms with Crippen molar-refractivity contribution in [2.24, 2.45) is 0 Å². The molecule has 0 saturated carbocycles. The van der Waals surface area contributed by atoms with E-state index in [4.69, 9.17) is 0 Å². The van der Waals surface area contributed by atoms with Crippen LogP contribution in [0, 0.1) is 0 Å². The summed E-state index contributed by atoms with van der Waals surface area (Å²) in [5.41, 5.74) is 2.41. The summed E-state index contributed by atoms with van der Waals surface area (Å²) >= 11 is 1.52. The summed E-state index contributed by atoms with van der Waals surface area (Å²) in [5, 5.41) is 1.11. The lowest BCUT2D eigenvalue weighted by Crippen LogP contribution is -2.52. The van der Waals surface area contributed by atoms with Crippen LogP contribution in [0.15, 0.2) is 71.6 Å². The molecule has 1 aromatic heterocycles. The van der Waals surface area contributed by atoms with E-state index >= 15 is 0 Å². The lowest BCUT2D eigenvalue weighted by Gasteiger charge is -2.40. The first kappa shape index (κ1) is 21.3. The molecule has 3 aromatic rings. The lowest BCUT2D eigenvalue weighted by atomic mass is 10.0. The molecule has 1 fully saturated rings. The number of piperazine rings is 1. The number of rotatable bonds is 6. The summed E-state index contributed by atoms with van der Waals surface area (Å²) in [6.07, 6.45) is 1.57. The van der Waals surface area contributed by atoms with Crippen LogP contribution in [-0.4, -0.2) is 51.8 Å². The third kappa shape index (κ3) is 4.11. The second kappa shape index (κ2) is 8.78. The molecule has 1 aliphatic heterocycles. The molecule has 166 valence electrons. The second-order valence-corrected chi connectivity index (χ2v) is 11.0. The number of nitrogens with zero attached hydrogens (tertiary/aromatic N) is 2. The number of fused-ring (bicyclic) bond motifs is 1. The van der Waals surface area contributed by atoms with Crippen LogP contribution in [0.4, 0.5) is 5.00 Å². The van der Waals surface area contributed by atoms with E-state index in [1.54, 1.807) is 24.3 Å². The van der Waals surface area contributed by atoms with Gasteiger partial charge in [-0.25, -0.2) is 13.1 Å². The summed E-state index contributed by atoms with van der Waals surface area (Å²) in [6.45, 7) is 3.35. The van der Waals surface area contributed by atoms with E-state index < -0.39 is 10.0 Å². The minimum atomic E-state index is -3.61. The Kier molecular flexibility index (Phi) is 5.86. The Bertz CT molecular complexity index is 1200. The standard InChI is InChI=1S/C24H25N3O3S2/c28-17-19-10-11-23(31-19)26-12-14-27(15-13-26)24-21-9-5-4-6-18(21)16-22(24)25-32(29,30)20-7-2-1-3-8-20/h1-11,17,22,24-25H,12-16H2/t22-,24+/m0/s1. The molecule has 0 unspecified atom stereocenters. The van der Waals surface area contributed by atoms with Gasteiger partial charge in [-0.2, -0.15) is 0 Å². The van der Waals surface area contributed by atoms with E-state index in [9.17, 15) is 13.2 Å². The highest BCUT2D eigenvalue weighted by atomic mass is 32.2. The van der Waals surface area contributed by atoms with Crippen molar-refractivity contribution in [2.45, 2.75) is 23.4 Å². The molecule has 1 N–H and O–H groups in total. The number of carbonyl (C=O) groups is 1. The molecule has 0 bridgehead atoms. The molecule has 0 amide bonds. The van der Waals surface area contributed by atoms with E-state index in [0.29, 0.717) is 11.3 Å². The summed E-state index contributed by atoms with van der Waals surface area (Å²) in [7, 11) is -3.61. The Morgan fingerprint density at radius 2 is 1.62 bits per heavy atom. The number of sulfonamides is 1. The first-order valence-electron chi connectivity index (χ1n) is 10.7. The Hall–Kier alpha value is -2.52. The van der Waals surface area contributed by atoms with E-state index in [1.165, 1.54) is 22.5 Å². The Morgan fingerprint density at radius 1 is 0.906 bits per heavy atom. The predicted molar refractivity (Wildman–Crippen MR) is 127 cm³/mol. The molecule has 2 aliphatic rings. The monoisotopic (exact) mass is 467 g/mol. The maximum absolute atomic E-state index is 13.1. The zero-order chi connectivity index (χ0) is 22.1. The quantitative estimate of drug-likeness (QED) is 0.563. The highest BCUT2D eigenvalue weighted by Crippen LogP contribution is 2.38. The Balaban J connectivity index is 1.36. The fourth-order valence-electron chi connectivity index (χ4n) is 4.79. The van der Waals surface area contributed by atoms with Crippen molar-refractivity contribution in [1.29, 1.82) is 0 Å². The van der Waals surface area contributed by atoms with Gasteiger partial charge in [-0.3, -0.25) is 9.69 Å². The molecule has 6 nitrogen and oxygen atoms in total. The van der Waals surface area contributed by atoms with Crippen LogP contribution < -0.4 is 9.62 Å². The van der Waals surface area contributed by atoms with Gasteiger partial charge in [0.2, 0.25) is 10.0 Å². The first-order valence-corrected chi connectivity index (χ1v) is 13.0. The van der Waals surface area contributed by atoms with E-state index in [2.05, 4.69) is 26.7 Å². The van der Waals surface area contributed by atoms with Crippen LogP contribution in [0.5, 0.6) is 0 Å². The van der Waals surface area contributed by atoms with Crippen LogP contribution in [0.25, 0.3) is 0 Å². The zero-order valence-corrected chi connectivity index (χ0v) is 19.2. The van der Waals surface area contributed by atoms with Crippen molar-refractivity contribution in [1.82, 2.24) is 9.62 Å². The molecule has 2 aromatic carbocycles. The molecule has 5 rings (SSSR count). The fourth-order valence-corrected chi connectivity index (χ4v) is 6.93. The molecular weight excluding hydrogens is 442 g/mol. The van der Waals surface area contributed by atoms with Crippen molar-refractivity contribution in [3.8, 4) is 0 Å². The third-order valence-electron chi connectivity index (χ3n) is 6.30. The van der Waals surface area contributed by atoms with Crippen LogP contribution in [0.2, 0.25) is 0 Å². The smallest absolute Gasteiger partial charge is 0.240 e. The number of hydrogen-bond donors (Lipinski definition) is 1. The van der Waals surface area contributed by atoms with Gasteiger partial charge in [0.1, 0.15) is 0 Å². The lowest BCUT2D eigenvalue weighted by molar-refractivity contribution is 0.112. The van der Waals surface area contributed by atoms with E-state index in [0.717, 1.165) is 42.3 Å². The van der Waals surface area contributed by atoms with Gasteiger partial charge in [0.05, 0.1) is 20.8 Å². The Labute approximate surface area is 192 Å². The number of thiophene rings is 1. The first-order chi connectivity index (χ1) is 15.5. The van der Waals surface area contributed by atoms with Gasteiger partial charge >= 0.3 is 0 Å². The normalized spacial score (nSPS) is 21.4. The molecular formula is C24H25N3O3S2. The number of carbonyl (C=O) groups excluding carboxylic acids is 1. The minimum absolute atomic E-state index is 0.000657. The molecule has 0 spiro atoms. The third-order valence-corrected chi connectivity index (χ3v) is 8.88. The fraction of sp³-hybridized carbons (Fsp3) is 0.292. The van der Waals surface area contributed by atoms with Crippen LogP contribution in [0.3, 0.4) is 0 Å². The predicted octanol–water partition coefficient (Wildman–Crippen LogP) is 3.33. The zero-order valence-electron chi connectivity index (χ0n) is 17.6. The van der Waals surface area contributed by atoms with Crippen LogP contribution in [-0.2, 0) is 16.4 Å². The molecule has 8 heteroatoms. The van der Waals surface area contributed by atoms with E-state index in [1.807, 2.05) is 30.3 Å². The number of anilines is 1. The summed E-state index contributed by atoms with van der Waals surface area (Å²) in [5.74, 6) is 0. The summed E-state index contributed by atoms with van der Waals surface area (Å²) in [4.78, 5) is 16.8. The number of aldehydes is 1. The molecule has 1 aliphatic carbocycles. The average Bonchev–Trinajstić information content (AvgIpc) is 3.44. The van der Waals surface area contributed by atoms with Crippen molar-refractivity contribution >= 4 is 32.6 Å². The number of nitrogens with one attached hydrogen (secondary N) is 1. The van der Waals surface area contributed by atoms with Gasteiger partial charge in [-0.15, -0.1) is 11.3 Å². The van der Waals surface area contributed by atoms with Crippen molar-refractivity contribution < 1.29 is 13.2 Å². The van der Waals surface area contributed by atoms with Gasteiger partial charge < -0.3 is 4.90 Å². The van der Waals surface area contributed by atoms with Gasteiger partial charge in [-0.05, 0) is 41.8 Å². The van der Waals surface area contributed by atoms with E-state index in [-0.39, 0.29) is 12.1 Å². The highest BCUT2D eigenvalue weighted by Gasteiger charge is 2.39. The van der Waals surface area contributed by atoms with Crippen LogP contribution in [0.1, 0.15) is 26.8 Å². The molecule has 2 heterocycles. The molecule has 0 radical (unpaired) electrons. The highest BCUT2D eigenvalue weighted by molar-refractivity contribution is 7.89. The van der Waals surface area contributed by atoms with Crippen molar-refractivity contribution in [2.75, 3.05) is 31.1 Å². The van der Waals surface area contributed by atoms with Gasteiger partial charge in [0.15, 0.2) is 6.29 Å². The summed E-state index contributed by atoms with van der Waals surface area (Å²) < 4.78 is 29.1. The van der Waals surface area contributed by atoms with Crippen molar-refractivity contribution in [3.05, 3.63) is 82.7 Å². The maximum Gasteiger partial charge on any atom is 0.240 e. The second-order valence-electron chi connectivity index (χ2n) is 8.21. The number of benzene rings is 2. The average molecular weight is 468 g/mol. The topological polar surface area (TPSA) is 69.7 Å². The van der Waals surface area contributed by atoms with Crippen LogP contribution >= 0.6 is 11.3 Å². The van der Waals surface area contributed by atoms with Gasteiger partial charge in [0.25, 0.3) is 0 Å². The summed E-state index contributed by atoms with van der Waals surface area (Å²) in [6, 6.07) is 20.5. The number of hydrogen-bond acceptors (Lipinski definition) is 6.